The Bertz CT molecular complexity index is 554. The molecule has 1 heterocycles. The Labute approximate surface area is 107 Å². The summed E-state index contributed by atoms with van der Waals surface area (Å²) in [5, 5.41) is 0. The van der Waals surface area contributed by atoms with Crippen LogP contribution in [0, 0.1) is 6.92 Å². The molecule has 2 N–H and O–H groups in total. The Morgan fingerprint density at radius 2 is 2.00 bits per heavy atom. The number of nitrogen functional groups attached to an aromatic ring is 1. The Balaban J connectivity index is 2.41. The fourth-order valence-electron chi connectivity index (χ4n) is 1.77. The molecule has 0 aliphatic carbocycles. The number of methoxy groups -OCH3 is 1. The summed E-state index contributed by atoms with van der Waals surface area (Å²) in [7, 11) is 3.62. The summed E-state index contributed by atoms with van der Waals surface area (Å²) < 4.78 is 5.35. The van der Waals surface area contributed by atoms with Crippen molar-refractivity contribution < 1.29 is 4.74 Å². The minimum Gasteiger partial charge on any atom is -0.495 e. The zero-order chi connectivity index (χ0) is 13.1. The first-order chi connectivity index (χ1) is 8.63. The predicted molar refractivity (Wildman–Crippen MR) is 74.4 cm³/mol. The summed E-state index contributed by atoms with van der Waals surface area (Å²) >= 11 is 0. The van der Waals surface area contributed by atoms with Gasteiger partial charge in [-0.05, 0) is 30.7 Å². The fraction of sp³-hybridized carbons (Fsp3) is 0.214. The van der Waals surface area contributed by atoms with Gasteiger partial charge in [0.05, 0.1) is 24.7 Å². The summed E-state index contributed by atoms with van der Waals surface area (Å²) in [6, 6.07) is 9.79. The van der Waals surface area contributed by atoms with Crippen molar-refractivity contribution in [3.8, 4) is 5.75 Å². The lowest BCUT2D eigenvalue weighted by Crippen LogP contribution is -2.12. The number of hydrogen-bond donors (Lipinski definition) is 1. The molecule has 4 nitrogen and oxygen atoms in total. The first kappa shape index (κ1) is 12.2. The number of para-hydroxylation sites is 2. The van der Waals surface area contributed by atoms with E-state index in [1.54, 1.807) is 13.3 Å². The average Bonchev–Trinajstić information content (AvgIpc) is 2.41. The van der Waals surface area contributed by atoms with Gasteiger partial charge in [0, 0.05) is 7.05 Å². The molecular formula is C14H17N3O. The Morgan fingerprint density at radius 3 is 2.67 bits per heavy atom. The third-order valence-corrected chi connectivity index (χ3v) is 2.93. The highest BCUT2D eigenvalue weighted by Crippen LogP contribution is 2.31. The number of anilines is 3. The van der Waals surface area contributed by atoms with Gasteiger partial charge in [-0.3, -0.25) is 0 Å². The first-order valence-electron chi connectivity index (χ1n) is 5.72. The molecule has 0 fully saturated rings. The summed E-state index contributed by atoms with van der Waals surface area (Å²) in [5.41, 5.74) is 8.46. The fourth-order valence-corrected chi connectivity index (χ4v) is 1.77. The molecule has 0 saturated carbocycles. The van der Waals surface area contributed by atoms with E-state index in [1.807, 2.05) is 49.2 Å². The molecule has 0 radical (unpaired) electrons. The van der Waals surface area contributed by atoms with Crippen LogP contribution in [0.4, 0.5) is 17.2 Å². The van der Waals surface area contributed by atoms with Crippen LogP contribution >= 0.6 is 0 Å². The maximum atomic E-state index is 5.78. The Hall–Kier alpha value is -2.23. The minimum absolute atomic E-state index is 0.701. The SMILES string of the molecule is COc1ccccc1N(C)c1cc(C)c(N)cn1. The van der Waals surface area contributed by atoms with E-state index in [4.69, 9.17) is 10.5 Å². The standard InChI is InChI=1S/C14H17N3O/c1-10-8-14(16-9-11(10)15)17(2)12-6-4-5-7-13(12)18-3/h4-9H,15H2,1-3H3. The first-order valence-corrected chi connectivity index (χ1v) is 5.72. The lowest BCUT2D eigenvalue weighted by molar-refractivity contribution is 0.415. The van der Waals surface area contributed by atoms with Gasteiger partial charge in [-0.15, -0.1) is 0 Å². The number of aryl methyl sites for hydroxylation is 1. The van der Waals surface area contributed by atoms with Gasteiger partial charge in [0.2, 0.25) is 0 Å². The van der Waals surface area contributed by atoms with Crippen molar-refractivity contribution >= 4 is 17.2 Å². The van der Waals surface area contributed by atoms with Gasteiger partial charge in [-0.2, -0.15) is 0 Å². The maximum absolute atomic E-state index is 5.78. The van der Waals surface area contributed by atoms with Crippen LogP contribution in [0.5, 0.6) is 5.75 Å². The molecule has 94 valence electrons. The monoisotopic (exact) mass is 243 g/mol. The number of aromatic nitrogens is 1. The highest BCUT2D eigenvalue weighted by atomic mass is 16.5. The zero-order valence-electron chi connectivity index (χ0n) is 10.8. The third kappa shape index (κ3) is 2.22. The van der Waals surface area contributed by atoms with E-state index in [1.165, 1.54) is 0 Å². The molecule has 2 aromatic rings. The largest absolute Gasteiger partial charge is 0.495 e. The lowest BCUT2D eigenvalue weighted by Gasteiger charge is -2.21. The van der Waals surface area contributed by atoms with E-state index < -0.39 is 0 Å². The van der Waals surface area contributed by atoms with E-state index in [9.17, 15) is 0 Å². The Kier molecular flexibility index (Phi) is 3.37. The van der Waals surface area contributed by atoms with Gasteiger partial charge >= 0.3 is 0 Å². The average molecular weight is 243 g/mol. The molecular weight excluding hydrogens is 226 g/mol. The summed E-state index contributed by atoms with van der Waals surface area (Å²) in [4.78, 5) is 6.31. The molecule has 1 aromatic heterocycles. The van der Waals surface area contributed by atoms with Crippen LogP contribution in [-0.2, 0) is 0 Å². The Morgan fingerprint density at radius 1 is 1.28 bits per heavy atom. The van der Waals surface area contributed by atoms with E-state index in [-0.39, 0.29) is 0 Å². The van der Waals surface area contributed by atoms with E-state index in [2.05, 4.69) is 4.98 Å². The maximum Gasteiger partial charge on any atom is 0.142 e. The third-order valence-electron chi connectivity index (χ3n) is 2.93. The van der Waals surface area contributed by atoms with Crippen LogP contribution in [0.1, 0.15) is 5.56 Å². The second kappa shape index (κ2) is 4.96. The number of nitrogens with zero attached hydrogens (tertiary/aromatic N) is 2. The van der Waals surface area contributed by atoms with Gasteiger partial charge in [-0.1, -0.05) is 12.1 Å². The molecule has 0 amide bonds. The minimum atomic E-state index is 0.701. The number of ether oxygens (including phenoxy) is 1. The van der Waals surface area contributed by atoms with E-state index in [0.29, 0.717) is 5.69 Å². The molecule has 0 aliphatic heterocycles. The molecule has 0 atom stereocenters. The molecule has 1 aromatic carbocycles. The van der Waals surface area contributed by atoms with Gasteiger partial charge in [-0.25, -0.2) is 4.98 Å². The van der Waals surface area contributed by atoms with Crippen molar-refractivity contribution in [2.45, 2.75) is 6.92 Å². The number of hydrogen-bond acceptors (Lipinski definition) is 4. The van der Waals surface area contributed by atoms with Gasteiger partial charge < -0.3 is 15.4 Å². The van der Waals surface area contributed by atoms with Gasteiger partial charge in [0.15, 0.2) is 0 Å². The van der Waals surface area contributed by atoms with Crippen LogP contribution in [0.15, 0.2) is 36.5 Å². The lowest BCUT2D eigenvalue weighted by atomic mass is 10.2. The van der Waals surface area contributed by atoms with E-state index in [0.717, 1.165) is 22.8 Å². The quantitative estimate of drug-likeness (QED) is 0.900. The molecule has 0 aliphatic rings. The van der Waals surface area contributed by atoms with Crippen LogP contribution < -0.4 is 15.4 Å². The number of rotatable bonds is 3. The predicted octanol–water partition coefficient (Wildman–Crippen LogP) is 2.75. The van der Waals surface area contributed by atoms with Crippen molar-refractivity contribution in [2.75, 3.05) is 24.8 Å². The topological polar surface area (TPSA) is 51.4 Å². The van der Waals surface area contributed by atoms with Gasteiger partial charge in [0.25, 0.3) is 0 Å². The highest BCUT2D eigenvalue weighted by Gasteiger charge is 2.10. The summed E-state index contributed by atoms with van der Waals surface area (Å²) in [5.74, 6) is 1.66. The highest BCUT2D eigenvalue weighted by molar-refractivity contribution is 5.67. The van der Waals surface area contributed by atoms with Crippen molar-refractivity contribution in [1.29, 1.82) is 0 Å². The molecule has 0 spiro atoms. The van der Waals surface area contributed by atoms with E-state index >= 15 is 0 Å². The summed E-state index contributed by atoms with van der Waals surface area (Å²) in [6.45, 7) is 1.97. The molecule has 0 saturated heterocycles. The second-order valence-electron chi connectivity index (χ2n) is 4.13. The molecule has 18 heavy (non-hydrogen) atoms. The molecule has 4 heteroatoms. The van der Waals surface area contributed by atoms with Crippen LogP contribution in [0.2, 0.25) is 0 Å². The normalized spacial score (nSPS) is 10.2. The number of benzene rings is 1. The second-order valence-corrected chi connectivity index (χ2v) is 4.13. The summed E-state index contributed by atoms with van der Waals surface area (Å²) in [6.07, 6.45) is 1.68. The van der Waals surface area contributed by atoms with Crippen molar-refractivity contribution in [3.05, 3.63) is 42.1 Å². The van der Waals surface area contributed by atoms with Gasteiger partial charge in [0.1, 0.15) is 11.6 Å². The van der Waals surface area contributed by atoms with Crippen LogP contribution in [0.3, 0.4) is 0 Å². The van der Waals surface area contributed by atoms with Crippen LogP contribution in [0.25, 0.3) is 0 Å². The van der Waals surface area contributed by atoms with Crippen molar-refractivity contribution in [2.24, 2.45) is 0 Å². The van der Waals surface area contributed by atoms with Crippen molar-refractivity contribution in [1.82, 2.24) is 4.98 Å². The van der Waals surface area contributed by atoms with Crippen molar-refractivity contribution in [3.63, 3.8) is 0 Å². The smallest absolute Gasteiger partial charge is 0.142 e. The number of nitrogens with two attached hydrogens (primary N) is 1. The molecule has 0 bridgehead atoms. The molecule has 2 rings (SSSR count). The number of pyridine rings is 1. The van der Waals surface area contributed by atoms with Crippen LogP contribution in [-0.4, -0.2) is 19.1 Å². The molecule has 0 unspecified atom stereocenters. The zero-order valence-corrected chi connectivity index (χ0v) is 10.8.